The van der Waals surface area contributed by atoms with Crippen molar-refractivity contribution in [3.8, 4) is 0 Å². The Balaban J connectivity index is 1.60. The van der Waals surface area contributed by atoms with Crippen LogP contribution in [0.2, 0.25) is 5.02 Å². The zero-order valence-electron chi connectivity index (χ0n) is 19.9. The Bertz CT molecular complexity index is 1300. The number of amides is 1. The molecule has 37 heavy (non-hydrogen) atoms. The summed E-state index contributed by atoms with van der Waals surface area (Å²) in [5.74, 6) is -0.844. The maximum atomic E-state index is 13.0. The molecule has 0 heterocycles. The van der Waals surface area contributed by atoms with E-state index in [0.717, 1.165) is 35.4 Å². The minimum Gasteiger partial charge on any atom is -0.392 e. The molecule has 1 amide bonds. The second-order valence-corrected chi connectivity index (χ2v) is 10.8. The average molecular weight is 546 g/mol. The standard InChI is InChI=1S/C26H28ClN3O6S/c27-22-8-4-7-20(16-22)13-14-28-26(32)21(15-19-5-2-1-3-6-19)17-24(31)18-29-37(35,36)25-11-9-23(10-12-25)30(33)34/h1-12,16,21,24,29,31H,13-15,17-18H2,(H,28,32)/t21-,24+/m1/s1. The molecule has 0 aliphatic rings. The van der Waals surface area contributed by atoms with E-state index in [0.29, 0.717) is 24.4 Å². The van der Waals surface area contributed by atoms with Gasteiger partial charge in [0.05, 0.1) is 15.9 Å². The van der Waals surface area contributed by atoms with Crippen molar-refractivity contribution in [2.75, 3.05) is 13.1 Å². The van der Waals surface area contributed by atoms with Gasteiger partial charge in [-0.25, -0.2) is 13.1 Å². The van der Waals surface area contributed by atoms with Crippen LogP contribution in [0.15, 0.2) is 83.8 Å². The SMILES string of the molecule is O=C(NCCc1cccc(Cl)c1)[C@H](Cc1ccccc1)C[C@H](O)CNS(=O)(=O)c1ccc([N+](=O)[O-])cc1. The smallest absolute Gasteiger partial charge is 0.269 e. The lowest BCUT2D eigenvalue weighted by molar-refractivity contribution is -0.384. The molecule has 0 aromatic heterocycles. The second kappa shape index (κ2) is 13.3. The third kappa shape index (κ3) is 8.94. The molecular formula is C26H28ClN3O6S. The van der Waals surface area contributed by atoms with Crippen LogP contribution < -0.4 is 10.0 Å². The molecular weight excluding hydrogens is 518 g/mol. The normalized spacial score (nSPS) is 13.0. The van der Waals surface area contributed by atoms with Crippen LogP contribution in [0.3, 0.4) is 0 Å². The number of carbonyl (C=O) groups excluding carboxylic acids is 1. The van der Waals surface area contributed by atoms with Crippen LogP contribution in [0.5, 0.6) is 0 Å². The van der Waals surface area contributed by atoms with Crippen molar-refractivity contribution in [3.63, 3.8) is 0 Å². The van der Waals surface area contributed by atoms with Crippen LogP contribution in [0.1, 0.15) is 17.5 Å². The van der Waals surface area contributed by atoms with Gasteiger partial charge in [-0.3, -0.25) is 14.9 Å². The van der Waals surface area contributed by atoms with E-state index >= 15 is 0 Å². The first-order chi connectivity index (χ1) is 17.6. The molecule has 0 fully saturated rings. The minimum atomic E-state index is -4.01. The van der Waals surface area contributed by atoms with Crippen LogP contribution in [0.25, 0.3) is 0 Å². The molecule has 3 aromatic rings. The van der Waals surface area contributed by atoms with Crippen LogP contribution >= 0.6 is 11.6 Å². The largest absolute Gasteiger partial charge is 0.392 e. The lowest BCUT2D eigenvalue weighted by Gasteiger charge is -2.21. The number of nitro groups is 1. The predicted octanol–water partition coefficient (Wildman–Crippen LogP) is 3.50. The monoisotopic (exact) mass is 545 g/mol. The first-order valence-corrected chi connectivity index (χ1v) is 13.5. The molecule has 196 valence electrons. The fourth-order valence-electron chi connectivity index (χ4n) is 3.80. The van der Waals surface area contributed by atoms with Gasteiger partial charge in [-0.15, -0.1) is 0 Å². The minimum absolute atomic E-state index is 0.0284. The number of nitrogens with one attached hydrogen (secondary N) is 2. The molecule has 0 aliphatic heterocycles. The van der Waals surface area contributed by atoms with Crippen molar-refractivity contribution >= 4 is 33.2 Å². The Labute approximate surface area is 220 Å². The maximum Gasteiger partial charge on any atom is 0.269 e. The highest BCUT2D eigenvalue weighted by Crippen LogP contribution is 2.18. The molecule has 0 unspecified atom stereocenters. The van der Waals surface area contributed by atoms with Crippen LogP contribution in [-0.4, -0.2) is 43.5 Å². The summed E-state index contributed by atoms with van der Waals surface area (Å²) in [6.45, 7) is 0.0632. The Morgan fingerprint density at radius 2 is 1.68 bits per heavy atom. The number of benzene rings is 3. The molecule has 0 saturated carbocycles. The zero-order valence-corrected chi connectivity index (χ0v) is 21.5. The molecule has 11 heteroatoms. The number of nitro benzene ring substituents is 1. The fraction of sp³-hybridized carbons (Fsp3) is 0.269. The van der Waals surface area contributed by atoms with Crippen molar-refractivity contribution in [2.45, 2.75) is 30.3 Å². The molecule has 3 N–H and O–H groups in total. The van der Waals surface area contributed by atoms with Gasteiger partial charge in [0, 0.05) is 36.2 Å². The topological polar surface area (TPSA) is 139 Å². The summed E-state index contributed by atoms with van der Waals surface area (Å²) in [4.78, 5) is 23.0. The van der Waals surface area contributed by atoms with E-state index in [4.69, 9.17) is 11.6 Å². The van der Waals surface area contributed by atoms with E-state index in [1.54, 1.807) is 6.07 Å². The van der Waals surface area contributed by atoms with E-state index in [1.807, 2.05) is 48.5 Å². The average Bonchev–Trinajstić information content (AvgIpc) is 2.88. The van der Waals surface area contributed by atoms with Gasteiger partial charge in [-0.1, -0.05) is 54.1 Å². The molecule has 0 aliphatic carbocycles. The van der Waals surface area contributed by atoms with Crippen molar-refractivity contribution in [3.05, 3.63) is 105 Å². The van der Waals surface area contributed by atoms with Gasteiger partial charge in [-0.2, -0.15) is 0 Å². The van der Waals surface area contributed by atoms with Gasteiger partial charge in [0.1, 0.15) is 0 Å². The summed E-state index contributed by atoms with van der Waals surface area (Å²) in [6, 6.07) is 21.1. The third-order valence-electron chi connectivity index (χ3n) is 5.72. The van der Waals surface area contributed by atoms with E-state index in [1.165, 1.54) is 0 Å². The zero-order chi connectivity index (χ0) is 26.8. The number of halogens is 1. The molecule has 2 atom stereocenters. The molecule has 3 aromatic carbocycles. The quantitative estimate of drug-likeness (QED) is 0.222. The highest BCUT2D eigenvalue weighted by molar-refractivity contribution is 7.89. The summed E-state index contributed by atoms with van der Waals surface area (Å²) in [7, 11) is -4.01. The van der Waals surface area contributed by atoms with Crippen LogP contribution in [-0.2, 0) is 27.7 Å². The molecule has 0 bridgehead atoms. The Kier molecular flexibility index (Phi) is 10.2. The summed E-state index contributed by atoms with van der Waals surface area (Å²) < 4.78 is 27.4. The second-order valence-electron chi connectivity index (χ2n) is 8.55. The van der Waals surface area contributed by atoms with Crippen LogP contribution in [0, 0.1) is 16.0 Å². The molecule has 9 nitrogen and oxygen atoms in total. The Hall–Kier alpha value is -3.31. The summed E-state index contributed by atoms with van der Waals surface area (Å²) in [5, 5.41) is 24.9. The van der Waals surface area contributed by atoms with Gasteiger partial charge in [0.25, 0.3) is 5.69 Å². The van der Waals surface area contributed by atoms with Crippen molar-refractivity contribution in [1.82, 2.24) is 10.0 Å². The van der Waals surface area contributed by atoms with Gasteiger partial charge in [0.2, 0.25) is 15.9 Å². The first kappa shape index (κ1) is 28.3. The van der Waals surface area contributed by atoms with Crippen molar-refractivity contribution < 1.29 is 23.2 Å². The summed E-state index contributed by atoms with van der Waals surface area (Å²) in [5.41, 5.74) is 1.66. The number of nitrogens with zero attached hydrogens (tertiary/aromatic N) is 1. The third-order valence-corrected chi connectivity index (χ3v) is 7.40. The van der Waals surface area contributed by atoms with E-state index in [-0.39, 0.29) is 29.5 Å². The van der Waals surface area contributed by atoms with E-state index in [9.17, 15) is 28.4 Å². The lowest BCUT2D eigenvalue weighted by atomic mass is 9.92. The van der Waals surface area contributed by atoms with Gasteiger partial charge < -0.3 is 10.4 Å². The number of aliphatic hydroxyl groups is 1. The Morgan fingerprint density at radius 3 is 2.32 bits per heavy atom. The highest BCUT2D eigenvalue weighted by atomic mass is 35.5. The first-order valence-electron chi connectivity index (χ1n) is 11.6. The fourth-order valence-corrected chi connectivity index (χ4v) is 5.08. The van der Waals surface area contributed by atoms with E-state index < -0.39 is 27.0 Å². The van der Waals surface area contributed by atoms with Crippen molar-refractivity contribution in [2.24, 2.45) is 5.92 Å². The highest BCUT2D eigenvalue weighted by Gasteiger charge is 2.24. The predicted molar refractivity (Wildman–Crippen MR) is 141 cm³/mol. The maximum absolute atomic E-state index is 13.0. The molecule has 0 saturated heterocycles. The molecule has 0 radical (unpaired) electrons. The Morgan fingerprint density at radius 1 is 1.00 bits per heavy atom. The number of sulfonamides is 1. The lowest BCUT2D eigenvalue weighted by Crippen LogP contribution is -2.38. The molecule has 0 spiro atoms. The van der Waals surface area contributed by atoms with Gasteiger partial charge >= 0.3 is 0 Å². The summed E-state index contributed by atoms with van der Waals surface area (Å²) in [6.07, 6.45) is -0.154. The number of aliphatic hydroxyl groups excluding tert-OH is 1. The number of hydrogen-bond donors (Lipinski definition) is 3. The summed E-state index contributed by atoms with van der Waals surface area (Å²) >= 11 is 6.01. The van der Waals surface area contributed by atoms with Gasteiger partial charge in [0.15, 0.2) is 0 Å². The van der Waals surface area contributed by atoms with Gasteiger partial charge in [-0.05, 0) is 54.7 Å². The number of rotatable bonds is 13. The number of non-ortho nitro benzene ring substituents is 1. The van der Waals surface area contributed by atoms with Crippen molar-refractivity contribution in [1.29, 1.82) is 0 Å². The van der Waals surface area contributed by atoms with E-state index in [2.05, 4.69) is 10.0 Å². The number of hydrogen-bond acceptors (Lipinski definition) is 6. The molecule has 3 rings (SSSR count). The number of carbonyl (C=O) groups is 1. The van der Waals surface area contributed by atoms with Crippen LogP contribution in [0.4, 0.5) is 5.69 Å².